The lowest BCUT2D eigenvalue weighted by Crippen LogP contribution is -1.94. The summed E-state index contributed by atoms with van der Waals surface area (Å²) in [4.78, 5) is 9.38. The maximum absolute atomic E-state index is 5.51. The maximum Gasteiger partial charge on any atom is 0.168 e. The Labute approximate surface area is 178 Å². The number of benzene rings is 2. The van der Waals surface area contributed by atoms with Gasteiger partial charge in [-0.3, -0.25) is 0 Å². The monoisotopic (exact) mass is 423 g/mol. The lowest BCUT2D eigenvalue weighted by molar-refractivity contribution is 0.395. The Balaban J connectivity index is 1.49. The van der Waals surface area contributed by atoms with E-state index >= 15 is 0 Å². The van der Waals surface area contributed by atoms with Crippen molar-refractivity contribution in [2.45, 2.75) is 10.9 Å². The van der Waals surface area contributed by atoms with Gasteiger partial charge in [0.1, 0.15) is 16.5 Å². The zero-order valence-electron chi connectivity index (χ0n) is 16.5. The molecule has 148 valence electrons. The summed E-state index contributed by atoms with van der Waals surface area (Å²) in [5, 5.41) is 4.00. The van der Waals surface area contributed by atoms with Crippen LogP contribution in [0.1, 0.15) is 5.69 Å². The first-order valence-corrected chi connectivity index (χ1v) is 10.9. The third-order valence-corrected chi connectivity index (χ3v) is 6.56. The molecule has 0 N–H and O–H groups in total. The molecule has 0 bridgehead atoms. The van der Waals surface area contributed by atoms with Gasteiger partial charge in [-0.15, -0.1) is 11.3 Å². The third-order valence-electron chi connectivity index (χ3n) is 4.56. The standard InChI is InChI=1S/C22H21N3O2S2/c1-25-19(15-7-5-4-6-8-15)12-23-22(25)29-14-16-13-28-21(24-16)18-10-9-17(26-2)11-20(18)27-3/h4-13H,14H2,1-3H3. The molecule has 0 aliphatic carbocycles. The van der Waals surface area contributed by atoms with Crippen molar-refractivity contribution in [3.8, 4) is 33.3 Å². The van der Waals surface area contributed by atoms with Gasteiger partial charge in [0.15, 0.2) is 5.16 Å². The Kier molecular flexibility index (Phi) is 5.87. The fourth-order valence-electron chi connectivity index (χ4n) is 3.01. The number of nitrogens with zero attached hydrogens (tertiary/aromatic N) is 3. The molecule has 29 heavy (non-hydrogen) atoms. The predicted molar refractivity (Wildman–Crippen MR) is 119 cm³/mol. The van der Waals surface area contributed by atoms with E-state index in [2.05, 4.69) is 27.1 Å². The molecular formula is C22H21N3O2S2. The van der Waals surface area contributed by atoms with Gasteiger partial charge in [0, 0.05) is 24.2 Å². The first kappa shape index (κ1) is 19.5. The van der Waals surface area contributed by atoms with E-state index in [1.165, 1.54) is 0 Å². The highest BCUT2D eigenvalue weighted by molar-refractivity contribution is 7.98. The van der Waals surface area contributed by atoms with Gasteiger partial charge in [0.25, 0.3) is 0 Å². The highest BCUT2D eigenvalue weighted by Crippen LogP contribution is 2.36. The summed E-state index contributed by atoms with van der Waals surface area (Å²) in [7, 11) is 5.36. The van der Waals surface area contributed by atoms with E-state index in [0.29, 0.717) is 0 Å². The van der Waals surface area contributed by atoms with Crippen LogP contribution < -0.4 is 9.47 Å². The van der Waals surface area contributed by atoms with Crippen LogP contribution in [0.2, 0.25) is 0 Å². The summed E-state index contributed by atoms with van der Waals surface area (Å²) in [6.45, 7) is 0. The van der Waals surface area contributed by atoms with Gasteiger partial charge in [0.2, 0.25) is 0 Å². The zero-order chi connectivity index (χ0) is 20.2. The van der Waals surface area contributed by atoms with Crippen molar-refractivity contribution >= 4 is 23.1 Å². The summed E-state index contributed by atoms with van der Waals surface area (Å²) >= 11 is 3.30. The maximum atomic E-state index is 5.51. The molecule has 0 aliphatic heterocycles. The second-order valence-corrected chi connectivity index (χ2v) is 8.15. The Hall–Kier alpha value is -2.77. The number of hydrogen-bond acceptors (Lipinski definition) is 6. The van der Waals surface area contributed by atoms with Crippen LogP contribution in [0.4, 0.5) is 0 Å². The number of rotatable bonds is 7. The molecule has 0 spiro atoms. The molecule has 0 saturated carbocycles. The van der Waals surface area contributed by atoms with Crippen molar-refractivity contribution in [3.05, 3.63) is 65.8 Å². The fourth-order valence-corrected chi connectivity index (χ4v) is 4.81. The summed E-state index contributed by atoms with van der Waals surface area (Å²) < 4.78 is 12.9. The molecular weight excluding hydrogens is 402 g/mol. The van der Waals surface area contributed by atoms with Crippen molar-refractivity contribution in [1.29, 1.82) is 0 Å². The number of aromatic nitrogens is 3. The van der Waals surface area contributed by atoms with E-state index in [0.717, 1.165) is 49.9 Å². The fraction of sp³-hybridized carbons (Fsp3) is 0.182. The second-order valence-electron chi connectivity index (χ2n) is 6.35. The van der Waals surface area contributed by atoms with Crippen LogP contribution in [0, 0.1) is 0 Å². The molecule has 0 amide bonds. The van der Waals surface area contributed by atoms with Crippen LogP contribution in [0.5, 0.6) is 11.5 Å². The Morgan fingerprint density at radius 1 is 1.07 bits per heavy atom. The van der Waals surface area contributed by atoms with E-state index in [-0.39, 0.29) is 0 Å². The summed E-state index contributed by atoms with van der Waals surface area (Å²) in [5.74, 6) is 2.28. The molecule has 4 aromatic rings. The van der Waals surface area contributed by atoms with Crippen molar-refractivity contribution in [2.75, 3.05) is 14.2 Å². The van der Waals surface area contributed by atoms with Gasteiger partial charge < -0.3 is 14.0 Å². The molecule has 0 saturated heterocycles. The molecule has 5 nitrogen and oxygen atoms in total. The van der Waals surface area contributed by atoms with E-state index in [1.54, 1.807) is 37.3 Å². The molecule has 0 aliphatic rings. The Morgan fingerprint density at radius 3 is 2.66 bits per heavy atom. The van der Waals surface area contributed by atoms with Crippen LogP contribution in [-0.2, 0) is 12.8 Å². The number of methoxy groups -OCH3 is 2. The summed E-state index contributed by atoms with van der Waals surface area (Å²) in [6.07, 6.45) is 1.92. The van der Waals surface area contributed by atoms with E-state index < -0.39 is 0 Å². The van der Waals surface area contributed by atoms with Crippen molar-refractivity contribution in [2.24, 2.45) is 7.05 Å². The van der Waals surface area contributed by atoms with Gasteiger partial charge in [-0.25, -0.2) is 9.97 Å². The quantitative estimate of drug-likeness (QED) is 0.366. The van der Waals surface area contributed by atoms with Crippen LogP contribution in [-0.4, -0.2) is 28.8 Å². The molecule has 0 unspecified atom stereocenters. The lowest BCUT2D eigenvalue weighted by Gasteiger charge is -2.08. The minimum Gasteiger partial charge on any atom is -0.497 e. The normalized spacial score (nSPS) is 10.9. The predicted octanol–water partition coefficient (Wildman–Crippen LogP) is 5.52. The second kappa shape index (κ2) is 8.71. The van der Waals surface area contributed by atoms with Crippen molar-refractivity contribution in [3.63, 3.8) is 0 Å². The van der Waals surface area contributed by atoms with Gasteiger partial charge in [-0.05, 0) is 17.7 Å². The highest BCUT2D eigenvalue weighted by atomic mass is 32.2. The molecule has 2 aromatic heterocycles. The van der Waals surface area contributed by atoms with Gasteiger partial charge in [-0.2, -0.15) is 0 Å². The highest BCUT2D eigenvalue weighted by Gasteiger charge is 2.13. The average Bonchev–Trinajstić information content (AvgIpc) is 3.39. The number of hydrogen-bond donors (Lipinski definition) is 0. The lowest BCUT2D eigenvalue weighted by atomic mass is 10.2. The smallest absolute Gasteiger partial charge is 0.168 e. The number of imidazole rings is 1. The SMILES string of the molecule is COc1ccc(-c2nc(CSc3ncc(-c4ccccc4)n3C)cs2)c(OC)c1. The van der Waals surface area contributed by atoms with E-state index in [4.69, 9.17) is 14.5 Å². The average molecular weight is 424 g/mol. The van der Waals surface area contributed by atoms with Gasteiger partial charge >= 0.3 is 0 Å². The first-order valence-electron chi connectivity index (χ1n) is 9.06. The number of thiazole rings is 1. The number of thioether (sulfide) groups is 1. The third kappa shape index (κ3) is 4.16. The van der Waals surface area contributed by atoms with Crippen LogP contribution >= 0.6 is 23.1 Å². The van der Waals surface area contributed by atoms with E-state index in [1.807, 2.05) is 49.6 Å². The minimum absolute atomic E-state index is 0.758. The molecule has 0 atom stereocenters. The molecule has 7 heteroatoms. The summed E-state index contributed by atoms with van der Waals surface area (Å²) in [6, 6.07) is 16.1. The molecule has 0 radical (unpaired) electrons. The molecule has 2 heterocycles. The van der Waals surface area contributed by atoms with Gasteiger partial charge in [-0.1, -0.05) is 42.1 Å². The Bertz CT molecular complexity index is 1110. The zero-order valence-corrected chi connectivity index (χ0v) is 18.1. The van der Waals surface area contributed by atoms with Crippen molar-refractivity contribution in [1.82, 2.24) is 14.5 Å². The van der Waals surface area contributed by atoms with Crippen LogP contribution in [0.3, 0.4) is 0 Å². The molecule has 4 rings (SSSR count). The first-order chi connectivity index (χ1) is 14.2. The van der Waals surface area contributed by atoms with E-state index in [9.17, 15) is 0 Å². The van der Waals surface area contributed by atoms with Crippen LogP contribution in [0.25, 0.3) is 21.8 Å². The van der Waals surface area contributed by atoms with Gasteiger partial charge in [0.05, 0.1) is 37.4 Å². The molecule has 2 aromatic carbocycles. The topological polar surface area (TPSA) is 49.2 Å². The van der Waals surface area contributed by atoms with Crippen molar-refractivity contribution < 1.29 is 9.47 Å². The van der Waals surface area contributed by atoms with Crippen LogP contribution in [0.15, 0.2) is 65.3 Å². The Morgan fingerprint density at radius 2 is 1.90 bits per heavy atom. The largest absolute Gasteiger partial charge is 0.497 e. The minimum atomic E-state index is 0.758. The molecule has 0 fully saturated rings. The summed E-state index contributed by atoms with van der Waals surface area (Å²) in [5.41, 5.74) is 4.27. The number of ether oxygens (including phenoxy) is 2.